The molecule has 1 heterocycles. The summed E-state index contributed by atoms with van der Waals surface area (Å²) in [6.07, 6.45) is 2.48. The van der Waals surface area contributed by atoms with E-state index in [1.54, 1.807) is 13.3 Å². The van der Waals surface area contributed by atoms with Crippen LogP contribution in [0.5, 0.6) is 5.75 Å². The second kappa shape index (κ2) is 4.04. The maximum absolute atomic E-state index is 5.50. The second-order valence-electron chi connectivity index (χ2n) is 3.28. The van der Waals surface area contributed by atoms with Gasteiger partial charge in [-0.15, -0.1) is 0 Å². The molecule has 1 aromatic heterocycles. The summed E-state index contributed by atoms with van der Waals surface area (Å²) >= 11 is 0. The van der Waals surface area contributed by atoms with Crippen molar-refractivity contribution in [1.29, 1.82) is 0 Å². The molecule has 0 amide bonds. The minimum absolute atomic E-state index is 0.444. The van der Waals surface area contributed by atoms with E-state index in [2.05, 4.69) is 9.97 Å². The van der Waals surface area contributed by atoms with E-state index < -0.39 is 0 Å². The number of hydrogen-bond acceptors (Lipinski definition) is 3. The molecule has 0 atom stereocenters. The fraction of sp³-hybridized carbons (Fsp3) is 0.182. The van der Waals surface area contributed by atoms with Crippen molar-refractivity contribution in [2.75, 3.05) is 12.8 Å². The van der Waals surface area contributed by atoms with E-state index in [1.807, 2.05) is 24.3 Å². The van der Waals surface area contributed by atoms with Crippen molar-refractivity contribution in [1.82, 2.24) is 9.97 Å². The third-order valence-corrected chi connectivity index (χ3v) is 2.22. The van der Waals surface area contributed by atoms with E-state index >= 15 is 0 Å². The molecular formula is C11H13N3O. The number of imidazole rings is 1. The zero-order valence-corrected chi connectivity index (χ0v) is 8.53. The molecule has 3 N–H and O–H groups in total. The molecule has 1 aromatic carbocycles. The van der Waals surface area contributed by atoms with Gasteiger partial charge in [-0.1, -0.05) is 18.2 Å². The van der Waals surface area contributed by atoms with E-state index in [0.29, 0.717) is 5.95 Å². The Bertz CT molecular complexity index is 451. The second-order valence-corrected chi connectivity index (χ2v) is 3.28. The van der Waals surface area contributed by atoms with Gasteiger partial charge in [0.2, 0.25) is 0 Å². The summed E-state index contributed by atoms with van der Waals surface area (Å²) in [5.41, 5.74) is 7.60. The van der Waals surface area contributed by atoms with E-state index in [9.17, 15) is 0 Å². The summed E-state index contributed by atoms with van der Waals surface area (Å²) in [7, 11) is 1.67. The molecule has 0 aliphatic heterocycles. The standard InChI is InChI=1S/C11H13N3O/c1-15-10-5-3-2-4-8(10)6-9-7-13-11(12)14-9/h2-5,7H,6H2,1H3,(H3,12,13,14). The van der Waals surface area contributed by atoms with E-state index in [1.165, 1.54) is 0 Å². The van der Waals surface area contributed by atoms with Crippen LogP contribution in [0.3, 0.4) is 0 Å². The number of para-hydroxylation sites is 1. The molecule has 0 unspecified atom stereocenters. The predicted octanol–water partition coefficient (Wildman–Crippen LogP) is 1.59. The van der Waals surface area contributed by atoms with Crippen LogP contribution in [0, 0.1) is 0 Å². The van der Waals surface area contributed by atoms with Gasteiger partial charge in [0.15, 0.2) is 5.95 Å². The van der Waals surface area contributed by atoms with Gasteiger partial charge in [0.1, 0.15) is 5.75 Å². The fourth-order valence-corrected chi connectivity index (χ4v) is 1.52. The van der Waals surface area contributed by atoms with E-state index in [-0.39, 0.29) is 0 Å². The number of H-pyrrole nitrogens is 1. The Balaban J connectivity index is 2.23. The molecule has 0 saturated heterocycles. The summed E-state index contributed by atoms with van der Waals surface area (Å²) in [6.45, 7) is 0. The van der Waals surface area contributed by atoms with Gasteiger partial charge in [-0.2, -0.15) is 0 Å². The molecule has 0 saturated carbocycles. The summed E-state index contributed by atoms with van der Waals surface area (Å²) in [4.78, 5) is 6.94. The Labute approximate surface area is 88.1 Å². The minimum Gasteiger partial charge on any atom is -0.496 e. The Morgan fingerprint density at radius 3 is 2.87 bits per heavy atom. The van der Waals surface area contributed by atoms with Crippen molar-refractivity contribution in [3.8, 4) is 5.75 Å². The highest BCUT2D eigenvalue weighted by molar-refractivity contribution is 5.36. The lowest BCUT2D eigenvalue weighted by Crippen LogP contribution is -1.94. The number of anilines is 1. The first-order chi connectivity index (χ1) is 7.29. The average Bonchev–Trinajstić information content (AvgIpc) is 2.65. The number of nitrogens with one attached hydrogen (secondary N) is 1. The number of nitrogens with two attached hydrogens (primary N) is 1. The van der Waals surface area contributed by atoms with Crippen LogP contribution >= 0.6 is 0 Å². The highest BCUT2D eigenvalue weighted by Crippen LogP contribution is 2.20. The molecule has 2 rings (SSSR count). The van der Waals surface area contributed by atoms with Crippen molar-refractivity contribution >= 4 is 5.95 Å². The fourth-order valence-electron chi connectivity index (χ4n) is 1.52. The maximum atomic E-state index is 5.50. The SMILES string of the molecule is COc1ccccc1Cc1cnc(N)[nH]1. The summed E-state index contributed by atoms with van der Waals surface area (Å²) in [6, 6.07) is 7.89. The first-order valence-corrected chi connectivity index (χ1v) is 4.71. The molecule has 4 heteroatoms. The number of nitrogen functional groups attached to an aromatic ring is 1. The average molecular weight is 203 g/mol. The number of ether oxygens (including phenoxy) is 1. The molecule has 0 radical (unpaired) electrons. The summed E-state index contributed by atoms with van der Waals surface area (Å²) in [5, 5.41) is 0. The van der Waals surface area contributed by atoms with Crippen molar-refractivity contribution in [2.24, 2.45) is 0 Å². The van der Waals surface area contributed by atoms with Crippen molar-refractivity contribution < 1.29 is 4.74 Å². The zero-order valence-electron chi connectivity index (χ0n) is 8.53. The highest BCUT2D eigenvalue weighted by atomic mass is 16.5. The van der Waals surface area contributed by atoms with E-state index in [0.717, 1.165) is 23.4 Å². The van der Waals surface area contributed by atoms with Gasteiger partial charge in [-0.05, 0) is 6.07 Å². The predicted molar refractivity (Wildman–Crippen MR) is 58.8 cm³/mol. The van der Waals surface area contributed by atoms with Crippen LogP contribution in [0.15, 0.2) is 30.5 Å². The van der Waals surface area contributed by atoms with Crippen LogP contribution in [-0.4, -0.2) is 17.1 Å². The lowest BCUT2D eigenvalue weighted by Gasteiger charge is -2.06. The highest BCUT2D eigenvalue weighted by Gasteiger charge is 2.04. The molecule has 78 valence electrons. The Morgan fingerprint density at radius 1 is 1.40 bits per heavy atom. The molecule has 0 aliphatic carbocycles. The summed E-state index contributed by atoms with van der Waals surface area (Å²) in [5.74, 6) is 1.32. The number of hydrogen-bond donors (Lipinski definition) is 2. The molecule has 0 bridgehead atoms. The van der Waals surface area contributed by atoms with Gasteiger partial charge in [0.05, 0.1) is 13.3 Å². The number of rotatable bonds is 3. The van der Waals surface area contributed by atoms with Gasteiger partial charge in [-0.25, -0.2) is 4.98 Å². The van der Waals surface area contributed by atoms with Crippen LogP contribution in [0.2, 0.25) is 0 Å². The molecule has 0 aliphatic rings. The number of methoxy groups -OCH3 is 1. The first-order valence-electron chi connectivity index (χ1n) is 4.71. The molecule has 4 nitrogen and oxygen atoms in total. The maximum Gasteiger partial charge on any atom is 0.197 e. The third kappa shape index (κ3) is 2.10. The normalized spacial score (nSPS) is 10.2. The van der Waals surface area contributed by atoms with Gasteiger partial charge in [0, 0.05) is 17.7 Å². The Morgan fingerprint density at radius 2 is 2.20 bits per heavy atom. The van der Waals surface area contributed by atoms with Crippen LogP contribution in [0.25, 0.3) is 0 Å². The smallest absolute Gasteiger partial charge is 0.197 e. The van der Waals surface area contributed by atoms with Crippen molar-refractivity contribution in [3.63, 3.8) is 0 Å². The Hall–Kier alpha value is -1.97. The van der Waals surface area contributed by atoms with Crippen LogP contribution in [-0.2, 0) is 6.42 Å². The molecular weight excluding hydrogens is 190 g/mol. The van der Waals surface area contributed by atoms with Crippen LogP contribution in [0.4, 0.5) is 5.95 Å². The lowest BCUT2D eigenvalue weighted by molar-refractivity contribution is 0.410. The molecule has 0 spiro atoms. The van der Waals surface area contributed by atoms with Crippen molar-refractivity contribution in [2.45, 2.75) is 6.42 Å². The van der Waals surface area contributed by atoms with Crippen LogP contribution < -0.4 is 10.5 Å². The molecule has 15 heavy (non-hydrogen) atoms. The van der Waals surface area contributed by atoms with Crippen molar-refractivity contribution in [3.05, 3.63) is 41.7 Å². The topological polar surface area (TPSA) is 63.9 Å². The number of aromatic amines is 1. The van der Waals surface area contributed by atoms with Gasteiger partial charge >= 0.3 is 0 Å². The number of aromatic nitrogens is 2. The van der Waals surface area contributed by atoms with Gasteiger partial charge < -0.3 is 15.5 Å². The Kier molecular flexibility index (Phi) is 2.58. The van der Waals surface area contributed by atoms with E-state index in [4.69, 9.17) is 10.5 Å². The first kappa shape index (κ1) is 9.58. The largest absolute Gasteiger partial charge is 0.496 e. The zero-order chi connectivity index (χ0) is 10.7. The molecule has 0 fully saturated rings. The van der Waals surface area contributed by atoms with Crippen LogP contribution in [0.1, 0.15) is 11.3 Å². The lowest BCUT2D eigenvalue weighted by atomic mass is 10.1. The van der Waals surface area contributed by atoms with Gasteiger partial charge in [0.25, 0.3) is 0 Å². The minimum atomic E-state index is 0.444. The summed E-state index contributed by atoms with van der Waals surface area (Å²) < 4.78 is 5.26. The quantitative estimate of drug-likeness (QED) is 0.796. The number of benzene rings is 1. The molecule has 2 aromatic rings. The third-order valence-electron chi connectivity index (χ3n) is 2.22. The van der Waals surface area contributed by atoms with Gasteiger partial charge in [-0.3, -0.25) is 0 Å². The monoisotopic (exact) mass is 203 g/mol. The number of nitrogens with zero attached hydrogens (tertiary/aromatic N) is 1.